The molecule has 21 heavy (non-hydrogen) atoms. The van der Waals surface area contributed by atoms with Crippen molar-refractivity contribution in [3.8, 4) is 0 Å². The summed E-state index contributed by atoms with van der Waals surface area (Å²) in [5, 5.41) is 0. The summed E-state index contributed by atoms with van der Waals surface area (Å²) in [6, 6.07) is 0.160. The third-order valence-electron chi connectivity index (χ3n) is 4.83. The van der Waals surface area contributed by atoms with E-state index in [1.54, 1.807) is 8.61 Å². The lowest BCUT2D eigenvalue weighted by atomic mass is 9.76. The lowest BCUT2D eigenvalue weighted by molar-refractivity contribution is 0.148. The highest BCUT2D eigenvalue weighted by Gasteiger charge is 2.36. The summed E-state index contributed by atoms with van der Waals surface area (Å²) in [6.45, 7) is 9.20. The van der Waals surface area contributed by atoms with E-state index >= 15 is 0 Å². The number of hydrogen-bond donors (Lipinski definition) is 1. The first kappa shape index (κ1) is 19.2. The Hall–Kier alpha value is 0.120. The fourth-order valence-corrected chi connectivity index (χ4v) is 4.89. The lowest BCUT2D eigenvalue weighted by Gasteiger charge is -2.40. The van der Waals surface area contributed by atoms with Crippen molar-refractivity contribution in [3.05, 3.63) is 0 Å². The van der Waals surface area contributed by atoms with Crippen LogP contribution in [0.4, 0.5) is 0 Å². The van der Waals surface area contributed by atoms with Gasteiger partial charge in [0.15, 0.2) is 0 Å². The van der Waals surface area contributed by atoms with Crippen molar-refractivity contribution in [1.82, 2.24) is 8.61 Å². The number of piperidine rings is 2. The van der Waals surface area contributed by atoms with Gasteiger partial charge in [0.1, 0.15) is 0 Å². The van der Waals surface area contributed by atoms with E-state index in [9.17, 15) is 8.42 Å². The van der Waals surface area contributed by atoms with Crippen LogP contribution in [0, 0.1) is 11.3 Å². The van der Waals surface area contributed by atoms with E-state index in [1.807, 2.05) is 0 Å². The van der Waals surface area contributed by atoms with Gasteiger partial charge in [0.05, 0.1) is 0 Å². The van der Waals surface area contributed by atoms with Gasteiger partial charge in [-0.05, 0) is 37.0 Å². The van der Waals surface area contributed by atoms with Crippen LogP contribution in [0.1, 0.15) is 46.5 Å². The second-order valence-electron chi connectivity index (χ2n) is 7.28. The van der Waals surface area contributed by atoms with Gasteiger partial charge in [-0.3, -0.25) is 0 Å². The number of halogens is 1. The Labute approximate surface area is 135 Å². The molecule has 0 atom stereocenters. The quantitative estimate of drug-likeness (QED) is 0.834. The molecule has 126 valence electrons. The zero-order valence-corrected chi connectivity index (χ0v) is 15.0. The molecule has 0 spiro atoms. The number of rotatable bonds is 2. The molecule has 0 bridgehead atoms. The first-order chi connectivity index (χ1) is 9.21. The van der Waals surface area contributed by atoms with Crippen molar-refractivity contribution in [3.63, 3.8) is 0 Å². The Morgan fingerprint density at radius 1 is 0.905 bits per heavy atom. The molecule has 2 fully saturated rings. The molecule has 2 heterocycles. The van der Waals surface area contributed by atoms with Crippen molar-refractivity contribution >= 4 is 22.6 Å². The summed E-state index contributed by atoms with van der Waals surface area (Å²) in [7, 11) is -3.27. The van der Waals surface area contributed by atoms with Crippen molar-refractivity contribution in [2.24, 2.45) is 17.1 Å². The lowest BCUT2D eigenvalue weighted by Crippen LogP contribution is -2.51. The Kier molecular flexibility index (Phi) is 6.51. The normalized spacial score (nSPS) is 24.8. The van der Waals surface area contributed by atoms with Crippen LogP contribution in [0.15, 0.2) is 0 Å². The Morgan fingerprint density at radius 2 is 1.29 bits per heavy atom. The van der Waals surface area contributed by atoms with Crippen LogP contribution in [0.3, 0.4) is 0 Å². The fourth-order valence-electron chi connectivity index (χ4n) is 3.22. The molecule has 2 rings (SSSR count). The van der Waals surface area contributed by atoms with Crippen LogP contribution >= 0.6 is 12.4 Å². The van der Waals surface area contributed by atoms with Gasteiger partial charge in [0, 0.05) is 32.2 Å². The first-order valence-electron chi connectivity index (χ1n) is 7.72. The molecule has 5 nitrogen and oxygen atoms in total. The third-order valence-corrected chi connectivity index (χ3v) is 6.87. The molecule has 2 saturated heterocycles. The molecule has 7 heteroatoms. The Balaban J connectivity index is 0.00000220. The van der Waals surface area contributed by atoms with Crippen LogP contribution < -0.4 is 5.73 Å². The predicted octanol–water partition coefficient (Wildman–Crippen LogP) is 1.83. The molecule has 2 N–H and O–H groups in total. The molecule has 0 amide bonds. The smallest absolute Gasteiger partial charge is 0.281 e. The monoisotopic (exact) mass is 339 g/mol. The molecule has 2 aliphatic heterocycles. The van der Waals surface area contributed by atoms with Gasteiger partial charge < -0.3 is 5.73 Å². The number of hydrogen-bond acceptors (Lipinski definition) is 3. The predicted molar refractivity (Wildman–Crippen MR) is 88.7 cm³/mol. The fraction of sp³-hybridized carbons (Fsp3) is 1.00. The summed E-state index contributed by atoms with van der Waals surface area (Å²) < 4.78 is 28.5. The molecular formula is C14H30ClN3O2S. The summed E-state index contributed by atoms with van der Waals surface area (Å²) in [5.74, 6) is 0.615. The van der Waals surface area contributed by atoms with E-state index in [2.05, 4.69) is 20.8 Å². The van der Waals surface area contributed by atoms with Crippen molar-refractivity contribution in [2.45, 2.75) is 52.5 Å². The van der Waals surface area contributed by atoms with Crippen molar-refractivity contribution in [1.29, 1.82) is 0 Å². The zero-order chi connectivity index (χ0) is 15.0. The standard InChI is InChI=1S/C14H29N3O2S.ClH/c1-14(2,3)12-4-8-16(9-5-12)20(18,19)17-10-6-13(15)7-11-17;/h12-13H,4-11,15H2,1-3H3;1H. The van der Waals surface area contributed by atoms with Gasteiger partial charge in [-0.15, -0.1) is 12.4 Å². The van der Waals surface area contributed by atoms with E-state index in [-0.39, 0.29) is 23.9 Å². The summed E-state index contributed by atoms with van der Waals surface area (Å²) >= 11 is 0. The van der Waals surface area contributed by atoms with Gasteiger partial charge in [-0.25, -0.2) is 0 Å². The van der Waals surface area contributed by atoms with Crippen LogP contribution in [0.25, 0.3) is 0 Å². The maximum atomic E-state index is 12.6. The highest BCUT2D eigenvalue weighted by Crippen LogP contribution is 2.35. The molecule has 0 aromatic rings. The molecule has 0 saturated carbocycles. The second kappa shape index (κ2) is 7.13. The topological polar surface area (TPSA) is 66.6 Å². The number of nitrogens with two attached hydrogens (primary N) is 1. The summed E-state index contributed by atoms with van der Waals surface area (Å²) in [5.41, 5.74) is 6.12. The van der Waals surface area contributed by atoms with E-state index in [0.29, 0.717) is 32.1 Å². The largest absolute Gasteiger partial charge is 0.328 e. The van der Waals surface area contributed by atoms with Crippen LogP contribution in [-0.4, -0.2) is 49.2 Å². The summed E-state index contributed by atoms with van der Waals surface area (Å²) in [6.07, 6.45) is 3.49. The van der Waals surface area contributed by atoms with Gasteiger partial charge >= 0.3 is 0 Å². The summed E-state index contributed by atoms with van der Waals surface area (Å²) in [4.78, 5) is 0. The van der Waals surface area contributed by atoms with E-state index < -0.39 is 10.2 Å². The van der Waals surface area contributed by atoms with Gasteiger partial charge in [-0.1, -0.05) is 20.8 Å². The van der Waals surface area contributed by atoms with Crippen LogP contribution in [0.2, 0.25) is 0 Å². The van der Waals surface area contributed by atoms with E-state index in [0.717, 1.165) is 25.7 Å². The van der Waals surface area contributed by atoms with Crippen LogP contribution in [0.5, 0.6) is 0 Å². The molecule has 0 unspecified atom stereocenters. The minimum atomic E-state index is -3.27. The van der Waals surface area contributed by atoms with Crippen molar-refractivity contribution < 1.29 is 8.42 Å². The van der Waals surface area contributed by atoms with Crippen molar-refractivity contribution in [2.75, 3.05) is 26.2 Å². The minimum Gasteiger partial charge on any atom is -0.328 e. The van der Waals surface area contributed by atoms with E-state index in [4.69, 9.17) is 5.73 Å². The SMILES string of the molecule is CC(C)(C)C1CCN(S(=O)(=O)N2CCC(N)CC2)CC1.Cl. The third kappa shape index (κ3) is 4.55. The van der Waals surface area contributed by atoms with E-state index in [1.165, 1.54) is 0 Å². The molecule has 0 aromatic heterocycles. The molecule has 0 aromatic carbocycles. The average Bonchev–Trinajstić information content (AvgIpc) is 2.38. The average molecular weight is 340 g/mol. The first-order valence-corrected chi connectivity index (χ1v) is 9.12. The molecule has 0 radical (unpaired) electrons. The van der Waals surface area contributed by atoms with Gasteiger partial charge in [-0.2, -0.15) is 17.0 Å². The van der Waals surface area contributed by atoms with Crippen LogP contribution in [-0.2, 0) is 10.2 Å². The maximum Gasteiger partial charge on any atom is 0.281 e. The molecule has 0 aliphatic carbocycles. The molecular weight excluding hydrogens is 310 g/mol. The minimum absolute atomic E-state index is 0. The highest BCUT2D eigenvalue weighted by atomic mass is 35.5. The zero-order valence-electron chi connectivity index (χ0n) is 13.4. The molecule has 2 aliphatic rings. The maximum absolute atomic E-state index is 12.6. The van der Waals surface area contributed by atoms with Gasteiger partial charge in [0.2, 0.25) is 0 Å². The Bertz CT molecular complexity index is 420. The Morgan fingerprint density at radius 3 is 1.67 bits per heavy atom. The number of nitrogens with zero attached hydrogens (tertiary/aromatic N) is 2. The highest BCUT2D eigenvalue weighted by molar-refractivity contribution is 7.86. The second-order valence-corrected chi connectivity index (χ2v) is 9.21. The van der Waals surface area contributed by atoms with Gasteiger partial charge in [0.25, 0.3) is 10.2 Å².